The van der Waals surface area contributed by atoms with Gasteiger partial charge in [-0.3, -0.25) is 9.36 Å². The summed E-state index contributed by atoms with van der Waals surface area (Å²) in [6, 6.07) is 1.22. The summed E-state index contributed by atoms with van der Waals surface area (Å²) < 4.78 is 1.82. The van der Waals surface area contributed by atoms with Crippen LogP contribution < -0.4 is 17.1 Å². The second-order valence-corrected chi connectivity index (χ2v) is 2.56. The highest BCUT2D eigenvalue weighted by atomic mass is 35.5. The van der Waals surface area contributed by atoms with Crippen LogP contribution in [0.3, 0.4) is 0 Å². The first-order valence-electron chi connectivity index (χ1n) is 3.30. The average Bonchev–Trinajstić information content (AvgIpc) is 2.06. The van der Waals surface area contributed by atoms with Gasteiger partial charge in [0.1, 0.15) is 0 Å². The molecule has 0 atom stereocenters. The first-order chi connectivity index (χ1) is 5.66. The van der Waals surface area contributed by atoms with Crippen molar-refractivity contribution in [2.24, 2.45) is 0 Å². The van der Waals surface area contributed by atoms with E-state index in [1.165, 1.54) is 12.3 Å². The molecule has 0 aliphatic carbocycles. The molecule has 1 heterocycles. The van der Waals surface area contributed by atoms with E-state index < -0.39 is 5.69 Å². The number of halogens is 1. The normalized spacial score (nSPS) is 10.1. The van der Waals surface area contributed by atoms with E-state index in [0.717, 1.165) is 9.24 Å². The Morgan fingerprint density at radius 2 is 2.17 bits per heavy atom. The Labute approximate surface area is 73.0 Å². The first-order valence-corrected chi connectivity index (χ1v) is 3.84. The van der Waals surface area contributed by atoms with Crippen LogP contribution in [0, 0.1) is 0 Å². The number of aromatic nitrogens is 2. The van der Waals surface area contributed by atoms with Crippen LogP contribution in [0.15, 0.2) is 21.9 Å². The summed E-state index contributed by atoms with van der Waals surface area (Å²) in [6.45, 7) is 0.178. The molecule has 0 bridgehead atoms. The van der Waals surface area contributed by atoms with Crippen LogP contribution in [0.2, 0.25) is 0 Å². The fourth-order valence-corrected chi connectivity index (χ4v) is 0.991. The van der Waals surface area contributed by atoms with Gasteiger partial charge in [0.25, 0.3) is 5.56 Å². The molecule has 0 aromatic carbocycles. The third-order valence-corrected chi connectivity index (χ3v) is 1.57. The summed E-state index contributed by atoms with van der Waals surface area (Å²) >= 11 is 5.38. The minimum absolute atomic E-state index is 0.178. The predicted molar refractivity (Wildman–Crippen MR) is 45.8 cm³/mol. The Hall–Kier alpha value is -1.23. The molecule has 0 aliphatic heterocycles. The Morgan fingerprint density at radius 1 is 1.50 bits per heavy atom. The van der Waals surface area contributed by atoms with Crippen LogP contribution in [-0.2, 0) is 6.54 Å². The number of hydrogen-bond donors (Lipinski definition) is 1. The van der Waals surface area contributed by atoms with Crippen molar-refractivity contribution in [2.75, 3.05) is 11.7 Å². The molecule has 0 aliphatic rings. The van der Waals surface area contributed by atoms with Crippen molar-refractivity contribution in [1.82, 2.24) is 9.24 Å². The van der Waals surface area contributed by atoms with Gasteiger partial charge in [0.2, 0.25) is 0 Å². The molecule has 0 saturated carbocycles. The molecular weight excluding hydrogens is 182 g/mol. The van der Waals surface area contributed by atoms with Crippen molar-refractivity contribution in [1.29, 1.82) is 0 Å². The lowest BCUT2D eigenvalue weighted by molar-refractivity contribution is 0.639. The van der Waals surface area contributed by atoms with E-state index in [2.05, 4.69) is 0 Å². The highest BCUT2D eigenvalue weighted by molar-refractivity contribution is 6.17. The van der Waals surface area contributed by atoms with Crippen LogP contribution in [0.1, 0.15) is 0 Å². The van der Waals surface area contributed by atoms with Crippen molar-refractivity contribution >= 4 is 11.6 Å². The van der Waals surface area contributed by atoms with E-state index in [-0.39, 0.29) is 18.0 Å². The van der Waals surface area contributed by atoms with Crippen LogP contribution in [0.25, 0.3) is 0 Å². The zero-order valence-corrected chi connectivity index (χ0v) is 6.99. The summed E-state index contributed by atoms with van der Waals surface area (Å²) in [6.07, 6.45) is 1.22. The van der Waals surface area contributed by atoms with Crippen molar-refractivity contribution in [3.63, 3.8) is 0 Å². The lowest BCUT2D eigenvalue weighted by Gasteiger charge is -2.02. The predicted octanol–water partition coefficient (Wildman–Crippen LogP) is -1.04. The van der Waals surface area contributed by atoms with Gasteiger partial charge in [-0.15, -0.1) is 11.6 Å². The maximum absolute atomic E-state index is 11.1. The monoisotopic (exact) mass is 189 g/mol. The molecule has 2 N–H and O–H groups in total. The van der Waals surface area contributed by atoms with Gasteiger partial charge in [-0.25, -0.2) is 9.47 Å². The lowest BCUT2D eigenvalue weighted by atomic mass is 10.6. The van der Waals surface area contributed by atoms with Crippen molar-refractivity contribution in [3.8, 4) is 0 Å². The zero-order chi connectivity index (χ0) is 9.14. The number of nitrogens with two attached hydrogens (primary N) is 1. The van der Waals surface area contributed by atoms with Gasteiger partial charge in [0.05, 0.1) is 0 Å². The van der Waals surface area contributed by atoms with E-state index in [1.807, 2.05) is 0 Å². The molecule has 1 aromatic heterocycles. The van der Waals surface area contributed by atoms with Crippen LogP contribution in [0.5, 0.6) is 0 Å². The summed E-state index contributed by atoms with van der Waals surface area (Å²) in [7, 11) is 0. The third-order valence-electron chi connectivity index (χ3n) is 1.40. The number of rotatable bonds is 2. The van der Waals surface area contributed by atoms with Gasteiger partial charge in [-0.1, -0.05) is 0 Å². The van der Waals surface area contributed by atoms with E-state index in [1.54, 1.807) is 0 Å². The lowest BCUT2D eigenvalue weighted by Crippen LogP contribution is -2.42. The molecular formula is C6H8ClN3O2. The molecule has 66 valence electrons. The second kappa shape index (κ2) is 3.44. The van der Waals surface area contributed by atoms with Gasteiger partial charge in [-0.2, -0.15) is 0 Å². The fraction of sp³-hybridized carbons (Fsp3) is 0.333. The summed E-state index contributed by atoms with van der Waals surface area (Å²) in [5.74, 6) is 5.43. The number of hydrogen-bond acceptors (Lipinski definition) is 3. The van der Waals surface area contributed by atoms with Crippen molar-refractivity contribution in [3.05, 3.63) is 33.1 Å². The highest BCUT2D eigenvalue weighted by Crippen LogP contribution is 1.77. The summed E-state index contributed by atoms with van der Waals surface area (Å²) in [5.41, 5.74) is -0.939. The van der Waals surface area contributed by atoms with Crippen molar-refractivity contribution in [2.45, 2.75) is 6.54 Å². The molecule has 12 heavy (non-hydrogen) atoms. The SMILES string of the molecule is Nn1ccc(=O)n(CCCl)c1=O. The van der Waals surface area contributed by atoms with Crippen LogP contribution >= 0.6 is 11.6 Å². The topological polar surface area (TPSA) is 70.0 Å². The van der Waals surface area contributed by atoms with Gasteiger partial charge in [-0.05, 0) is 0 Å². The second-order valence-electron chi connectivity index (χ2n) is 2.18. The van der Waals surface area contributed by atoms with Gasteiger partial charge in [0.15, 0.2) is 0 Å². The van der Waals surface area contributed by atoms with Crippen LogP contribution in [-0.4, -0.2) is 15.1 Å². The van der Waals surface area contributed by atoms with E-state index in [9.17, 15) is 9.59 Å². The molecule has 0 unspecified atom stereocenters. The maximum atomic E-state index is 11.1. The third kappa shape index (κ3) is 1.50. The minimum atomic E-state index is -0.553. The molecule has 1 aromatic rings. The molecule has 1 rings (SSSR count). The average molecular weight is 190 g/mol. The van der Waals surface area contributed by atoms with Gasteiger partial charge in [0, 0.05) is 24.7 Å². The number of nitrogens with zero attached hydrogens (tertiary/aromatic N) is 2. The van der Waals surface area contributed by atoms with E-state index in [0.29, 0.717) is 0 Å². The fourth-order valence-electron chi connectivity index (χ4n) is 0.822. The highest BCUT2D eigenvalue weighted by Gasteiger charge is 2.00. The zero-order valence-electron chi connectivity index (χ0n) is 6.24. The molecule has 0 saturated heterocycles. The molecule has 0 fully saturated rings. The molecule has 0 spiro atoms. The molecule has 5 nitrogen and oxygen atoms in total. The van der Waals surface area contributed by atoms with Crippen molar-refractivity contribution < 1.29 is 0 Å². The standard InChI is InChI=1S/C6H8ClN3O2/c7-2-4-9-5(11)1-3-10(8)6(9)12/h1,3H,2,4,8H2. The Bertz CT molecular complexity index is 381. The van der Waals surface area contributed by atoms with E-state index in [4.69, 9.17) is 17.4 Å². The smallest absolute Gasteiger partial charge is 0.335 e. The number of nitrogen functional groups attached to an aromatic ring is 1. The van der Waals surface area contributed by atoms with Gasteiger partial charge >= 0.3 is 5.69 Å². The quantitative estimate of drug-likeness (QED) is 0.478. The number of alkyl halides is 1. The largest absolute Gasteiger partial charge is 0.349 e. The summed E-state index contributed by atoms with van der Waals surface area (Å²) in [5, 5.41) is 0. The first kappa shape index (κ1) is 8.86. The molecule has 0 radical (unpaired) electrons. The van der Waals surface area contributed by atoms with E-state index >= 15 is 0 Å². The maximum Gasteiger partial charge on any atom is 0.349 e. The Balaban J connectivity index is 3.34. The Kier molecular flexibility index (Phi) is 2.54. The summed E-state index contributed by atoms with van der Waals surface area (Å²) in [4.78, 5) is 22.1. The molecule has 0 amide bonds. The van der Waals surface area contributed by atoms with Gasteiger partial charge < -0.3 is 5.84 Å². The minimum Gasteiger partial charge on any atom is -0.335 e. The Morgan fingerprint density at radius 3 is 2.75 bits per heavy atom. The van der Waals surface area contributed by atoms with Crippen LogP contribution in [0.4, 0.5) is 0 Å². The molecule has 6 heteroatoms.